The number of anilines is 2. The molecule has 6 rings (SSSR count). The number of halogens is 2. The van der Waals surface area contributed by atoms with Gasteiger partial charge in [-0.2, -0.15) is 15.0 Å². The summed E-state index contributed by atoms with van der Waals surface area (Å²) >= 11 is 0. The summed E-state index contributed by atoms with van der Waals surface area (Å²) in [5.74, 6) is 0.276. The minimum absolute atomic E-state index is 0.0730. The van der Waals surface area contributed by atoms with Crippen molar-refractivity contribution in [3.8, 4) is 5.95 Å². The molecule has 2 aromatic carbocycles. The maximum atomic E-state index is 14.1. The number of piperazine rings is 1. The van der Waals surface area contributed by atoms with E-state index in [2.05, 4.69) is 15.0 Å². The molecule has 41 heavy (non-hydrogen) atoms. The standard InChI is InChI=1S/C28H31F2N9O2/c29-23(30)24-32-21-8-4-5-9-22(21)39(24)28-34-26(33-27(35-28)38-14-16-41-17-15-38)37-12-10-36(11-13-37)25(40)20(31)18-19-6-2-1-3-7-19/h1-9,20,23H,10-18,31H2/t20-/m0/s1. The van der Waals surface area contributed by atoms with E-state index in [-0.39, 0.29) is 11.9 Å². The zero-order chi connectivity index (χ0) is 28.3. The molecule has 2 saturated heterocycles. The Hall–Kier alpha value is -4.23. The van der Waals surface area contributed by atoms with E-state index >= 15 is 0 Å². The number of benzene rings is 2. The average Bonchev–Trinajstić information content (AvgIpc) is 3.42. The Balaban J connectivity index is 1.27. The number of rotatable bonds is 7. The maximum Gasteiger partial charge on any atom is 0.296 e. The number of alkyl halides is 2. The van der Waals surface area contributed by atoms with Gasteiger partial charge in [0.15, 0.2) is 5.82 Å². The van der Waals surface area contributed by atoms with Gasteiger partial charge < -0.3 is 25.2 Å². The summed E-state index contributed by atoms with van der Waals surface area (Å²) in [6, 6.07) is 16.0. The van der Waals surface area contributed by atoms with E-state index in [4.69, 9.17) is 15.5 Å². The second-order valence-electron chi connectivity index (χ2n) is 10.0. The topological polar surface area (TPSA) is 119 Å². The number of carbonyl (C=O) groups excluding carboxylic acids is 1. The van der Waals surface area contributed by atoms with E-state index in [0.717, 1.165) is 5.56 Å². The molecule has 4 heterocycles. The third-order valence-corrected chi connectivity index (χ3v) is 7.37. The van der Waals surface area contributed by atoms with Crippen molar-refractivity contribution in [2.45, 2.75) is 18.9 Å². The highest BCUT2D eigenvalue weighted by Crippen LogP contribution is 2.28. The Kier molecular flexibility index (Phi) is 7.70. The van der Waals surface area contributed by atoms with Gasteiger partial charge in [0.2, 0.25) is 23.8 Å². The van der Waals surface area contributed by atoms with Crippen LogP contribution < -0.4 is 15.5 Å². The van der Waals surface area contributed by atoms with Crippen LogP contribution in [0.15, 0.2) is 54.6 Å². The molecule has 0 radical (unpaired) electrons. The quantitative estimate of drug-likeness (QED) is 0.361. The molecule has 2 fully saturated rings. The summed E-state index contributed by atoms with van der Waals surface area (Å²) in [4.78, 5) is 36.9. The van der Waals surface area contributed by atoms with Crippen LogP contribution in [0.5, 0.6) is 0 Å². The lowest BCUT2D eigenvalue weighted by atomic mass is 10.1. The van der Waals surface area contributed by atoms with E-state index in [0.29, 0.717) is 81.8 Å². The molecule has 1 atom stereocenters. The number of ether oxygens (including phenoxy) is 1. The number of nitrogens with two attached hydrogens (primary N) is 1. The third kappa shape index (κ3) is 5.68. The summed E-state index contributed by atoms with van der Waals surface area (Å²) in [7, 11) is 0. The third-order valence-electron chi connectivity index (χ3n) is 7.37. The van der Waals surface area contributed by atoms with E-state index in [1.54, 1.807) is 29.2 Å². The molecule has 0 aliphatic carbocycles. The molecular weight excluding hydrogens is 532 g/mol. The first kappa shape index (κ1) is 27.0. The zero-order valence-corrected chi connectivity index (χ0v) is 22.4. The fourth-order valence-electron chi connectivity index (χ4n) is 5.21. The van der Waals surface area contributed by atoms with Crippen molar-refractivity contribution in [1.29, 1.82) is 0 Å². The summed E-state index contributed by atoms with van der Waals surface area (Å²) in [5.41, 5.74) is 8.18. The zero-order valence-electron chi connectivity index (χ0n) is 22.4. The second-order valence-corrected chi connectivity index (χ2v) is 10.0. The summed E-state index contributed by atoms with van der Waals surface area (Å²) in [6.07, 6.45) is -2.37. The predicted molar refractivity (Wildman–Crippen MR) is 149 cm³/mol. The number of hydrogen-bond donors (Lipinski definition) is 1. The van der Waals surface area contributed by atoms with Crippen molar-refractivity contribution in [2.75, 3.05) is 62.3 Å². The highest BCUT2D eigenvalue weighted by Gasteiger charge is 2.29. The Labute approximate surface area is 235 Å². The van der Waals surface area contributed by atoms with Gasteiger partial charge in [0.1, 0.15) is 0 Å². The molecule has 0 spiro atoms. The first-order chi connectivity index (χ1) is 20.0. The molecule has 11 nitrogen and oxygen atoms in total. The number of carbonyl (C=O) groups is 1. The normalized spacial score (nSPS) is 16.9. The SMILES string of the molecule is N[C@@H](Cc1ccccc1)C(=O)N1CCN(c2nc(N3CCOCC3)nc(-n3c(C(F)F)nc4ccccc43)n2)CC1. The Morgan fingerprint density at radius 2 is 1.41 bits per heavy atom. The van der Waals surface area contributed by atoms with Crippen LogP contribution in [-0.2, 0) is 16.0 Å². The lowest BCUT2D eigenvalue weighted by molar-refractivity contribution is -0.132. The molecule has 4 aromatic rings. The minimum Gasteiger partial charge on any atom is -0.378 e. The predicted octanol–water partition coefficient (Wildman–Crippen LogP) is 2.20. The molecule has 0 unspecified atom stereocenters. The molecule has 0 bridgehead atoms. The number of fused-ring (bicyclic) bond motifs is 1. The molecule has 2 aliphatic heterocycles. The lowest BCUT2D eigenvalue weighted by Crippen LogP contribution is -2.54. The minimum atomic E-state index is -2.83. The first-order valence-electron chi connectivity index (χ1n) is 13.7. The summed E-state index contributed by atoms with van der Waals surface area (Å²) in [6.45, 7) is 3.95. The number of nitrogens with zero attached hydrogens (tertiary/aromatic N) is 8. The van der Waals surface area contributed by atoms with Crippen molar-refractivity contribution in [1.82, 2.24) is 29.4 Å². The van der Waals surface area contributed by atoms with Gasteiger partial charge >= 0.3 is 0 Å². The van der Waals surface area contributed by atoms with Crippen LogP contribution in [0.2, 0.25) is 0 Å². The van der Waals surface area contributed by atoms with Crippen molar-refractivity contribution < 1.29 is 18.3 Å². The number of imidazole rings is 1. The van der Waals surface area contributed by atoms with Gasteiger partial charge in [0, 0.05) is 39.3 Å². The molecule has 2 N–H and O–H groups in total. The Morgan fingerprint density at radius 1 is 0.805 bits per heavy atom. The number of hydrogen-bond acceptors (Lipinski definition) is 9. The molecule has 214 valence electrons. The monoisotopic (exact) mass is 563 g/mol. The van der Waals surface area contributed by atoms with Crippen LogP contribution >= 0.6 is 0 Å². The summed E-state index contributed by atoms with van der Waals surface area (Å²) < 4.78 is 35.1. The van der Waals surface area contributed by atoms with Gasteiger partial charge in [-0.15, -0.1) is 0 Å². The highest BCUT2D eigenvalue weighted by molar-refractivity contribution is 5.82. The van der Waals surface area contributed by atoms with E-state index in [1.807, 2.05) is 40.1 Å². The van der Waals surface area contributed by atoms with E-state index in [1.165, 1.54) is 4.57 Å². The van der Waals surface area contributed by atoms with Crippen molar-refractivity contribution >= 4 is 28.8 Å². The van der Waals surface area contributed by atoms with Crippen LogP contribution in [0.4, 0.5) is 20.7 Å². The maximum absolute atomic E-state index is 14.1. The average molecular weight is 564 g/mol. The molecule has 1 amide bonds. The largest absolute Gasteiger partial charge is 0.378 e. The van der Waals surface area contributed by atoms with E-state index < -0.39 is 18.3 Å². The van der Waals surface area contributed by atoms with Crippen LogP contribution in [0.3, 0.4) is 0 Å². The molecule has 2 aromatic heterocycles. The smallest absolute Gasteiger partial charge is 0.296 e. The molecule has 0 saturated carbocycles. The van der Waals surface area contributed by atoms with Crippen LogP contribution in [-0.4, -0.2) is 93.8 Å². The van der Waals surface area contributed by atoms with E-state index in [9.17, 15) is 13.6 Å². The van der Waals surface area contributed by atoms with Gasteiger partial charge in [-0.1, -0.05) is 42.5 Å². The van der Waals surface area contributed by atoms with Gasteiger partial charge in [0.05, 0.1) is 30.3 Å². The van der Waals surface area contributed by atoms with Crippen molar-refractivity contribution in [3.05, 3.63) is 66.0 Å². The fraction of sp³-hybridized carbons (Fsp3) is 0.393. The number of para-hydroxylation sites is 2. The number of morpholine rings is 1. The van der Waals surface area contributed by atoms with Gasteiger partial charge in [-0.25, -0.2) is 13.8 Å². The number of aromatic nitrogens is 5. The summed E-state index contributed by atoms with van der Waals surface area (Å²) in [5, 5.41) is 0. The van der Waals surface area contributed by atoms with Crippen LogP contribution in [0.1, 0.15) is 17.8 Å². The van der Waals surface area contributed by atoms with Crippen molar-refractivity contribution in [2.24, 2.45) is 5.73 Å². The molecular formula is C28H31F2N9O2. The van der Waals surface area contributed by atoms with Crippen LogP contribution in [0, 0.1) is 0 Å². The first-order valence-corrected chi connectivity index (χ1v) is 13.7. The van der Waals surface area contributed by atoms with Crippen molar-refractivity contribution in [3.63, 3.8) is 0 Å². The lowest BCUT2D eigenvalue weighted by Gasteiger charge is -2.36. The number of amides is 1. The molecule has 2 aliphatic rings. The Bertz CT molecular complexity index is 1500. The Morgan fingerprint density at radius 3 is 2.10 bits per heavy atom. The van der Waals surface area contributed by atoms with Crippen LogP contribution in [0.25, 0.3) is 17.0 Å². The van der Waals surface area contributed by atoms with Gasteiger partial charge in [-0.05, 0) is 24.1 Å². The fourth-order valence-corrected chi connectivity index (χ4v) is 5.21. The molecule has 13 heteroatoms. The highest BCUT2D eigenvalue weighted by atomic mass is 19.3. The van der Waals surface area contributed by atoms with Gasteiger partial charge in [-0.3, -0.25) is 9.36 Å². The second kappa shape index (κ2) is 11.7. The van der Waals surface area contributed by atoms with Gasteiger partial charge in [0.25, 0.3) is 6.43 Å².